The number of carboxylic acid groups (broad SMARTS) is 2. The quantitative estimate of drug-likeness (QED) is 0.408. The van der Waals surface area contributed by atoms with Gasteiger partial charge in [-0.15, -0.1) is 0 Å². The predicted molar refractivity (Wildman–Crippen MR) is 85.1 cm³/mol. The Morgan fingerprint density at radius 1 is 1.22 bits per heavy atom. The Morgan fingerprint density at radius 3 is 2.61 bits per heavy atom. The zero-order valence-corrected chi connectivity index (χ0v) is 12.6. The molecular weight excluding hydrogens is 298 g/mol. The first-order chi connectivity index (χ1) is 11.0. The minimum Gasteiger partial charge on any atom is -0.477 e. The molecule has 120 valence electrons. The number of carboxylic acids is 2. The molecule has 0 unspecified atom stereocenters. The fourth-order valence-corrected chi connectivity index (χ4v) is 2.11. The summed E-state index contributed by atoms with van der Waals surface area (Å²) in [5, 5.41) is 21.1. The molecule has 2 aromatic rings. The van der Waals surface area contributed by atoms with Gasteiger partial charge in [-0.05, 0) is 30.5 Å². The molecule has 0 atom stereocenters. The van der Waals surface area contributed by atoms with Crippen LogP contribution in [0.25, 0.3) is 10.9 Å². The maximum absolute atomic E-state index is 10.9. The highest BCUT2D eigenvalue weighted by Gasteiger charge is 2.16. The van der Waals surface area contributed by atoms with Gasteiger partial charge in [-0.25, -0.2) is 19.6 Å². The monoisotopic (exact) mass is 315 g/mol. The number of aryl methyl sites for hydroxylation is 1. The average molecular weight is 315 g/mol. The molecule has 0 bridgehead atoms. The van der Waals surface area contributed by atoms with E-state index in [9.17, 15) is 9.59 Å². The first-order valence-electron chi connectivity index (χ1n) is 7.20. The van der Waals surface area contributed by atoms with Crippen molar-refractivity contribution in [1.29, 1.82) is 0 Å². The van der Waals surface area contributed by atoms with Crippen molar-refractivity contribution >= 4 is 28.7 Å². The normalized spacial score (nSPS) is 10.3. The van der Waals surface area contributed by atoms with Crippen molar-refractivity contribution in [2.45, 2.75) is 26.2 Å². The summed E-state index contributed by atoms with van der Waals surface area (Å²) in [4.78, 5) is 30.0. The highest BCUT2D eigenvalue weighted by atomic mass is 16.4. The SMILES string of the molecule is CCCCc1ccc2ncnc(NC=C(C(=O)O)C(=O)O)c2c1. The molecule has 0 aliphatic heterocycles. The molecule has 0 saturated carbocycles. The van der Waals surface area contributed by atoms with E-state index in [1.807, 2.05) is 18.2 Å². The molecule has 1 heterocycles. The van der Waals surface area contributed by atoms with E-state index in [1.54, 1.807) is 0 Å². The van der Waals surface area contributed by atoms with Crippen LogP contribution < -0.4 is 5.32 Å². The van der Waals surface area contributed by atoms with Gasteiger partial charge in [0, 0.05) is 11.6 Å². The number of aromatic nitrogens is 2. The third kappa shape index (κ3) is 4.03. The molecule has 23 heavy (non-hydrogen) atoms. The minimum absolute atomic E-state index is 0.369. The van der Waals surface area contributed by atoms with Gasteiger partial charge in [0.1, 0.15) is 12.1 Å². The first-order valence-corrected chi connectivity index (χ1v) is 7.20. The molecular formula is C16H17N3O4. The summed E-state index contributed by atoms with van der Waals surface area (Å²) in [6.45, 7) is 2.11. The van der Waals surface area contributed by atoms with Crippen LogP contribution in [0.2, 0.25) is 0 Å². The molecule has 0 radical (unpaired) electrons. The van der Waals surface area contributed by atoms with E-state index in [4.69, 9.17) is 10.2 Å². The Morgan fingerprint density at radius 2 is 1.96 bits per heavy atom. The number of hydrogen-bond donors (Lipinski definition) is 3. The molecule has 3 N–H and O–H groups in total. The van der Waals surface area contributed by atoms with Gasteiger partial charge in [0.25, 0.3) is 0 Å². The van der Waals surface area contributed by atoms with E-state index in [1.165, 1.54) is 6.33 Å². The van der Waals surface area contributed by atoms with E-state index < -0.39 is 17.5 Å². The number of rotatable bonds is 7. The minimum atomic E-state index is -1.52. The Labute approximate surface area is 132 Å². The van der Waals surface area contributed by atoms with Crippen LogP contribution in [0.5, 0.6) is 0 Å². The summed E-state index contributed by atoms with van der Waals surface area (Å²) < 4.78 is 0. The summed E-state index contributed by atoms with van der Waals surface area (Å²) >= 11 is 0. The van der Waals surface area contributed by atoms with Crippen LogP contribution in [0.3, 0.4) is 0 Å². The van der Waals surface area contributed by atoms with Crippen molar-refractivity contribution in [1.82, 2.24) is 9.97 Å². The van der Waals surface area contributed by atoms with Gasteiger partial charge >= 0.3 is 11.9 Å². The lowest BCUT2D eigenvalue weighted by molar-refractivity contribution is -0.140. The van der Waals surface area contributed by atoms with Crippen molar-refractivity contribution in [2.75, 3.05) is 5.32 Å². The summed E-state index contributed by atoms with van der Waals surface area (Å²) in [7, 11) is 0. The molecule has 7 heteroatoms. The number of benzene rings is 1. The average Bonchev–Trinajstić information content (AvgIpc) is 2.52. The van der Waals surface area contributed by atoms with Gasteiger partial charge in [-0.2, -0.15) is 0 Å². The van der Waals surface area contributed by atoms with E-state index in [0.29, 0.717) is 16.7 Å². The topological polar surface area (TPSA) is 112 Å². The second kappa shape index (κ2) is 7.35. The number of aliphatic carboxylic acids is 2. The van der Waals surface area contributed by atoms with Crippen molar-refractivity contribution in [3.63, 3.8) is 0 Å². The number of nitrogens with one attached hydrogen (secondary N) is 1. The number of fused-ring (bicyclic) bond motifs is 1. The lowest BCUT2D eigenvalue weighted by Crippen LogP contribution is -2.13. The Bertz CT molecular complexity index is 755. The van der Waals surface area contributed by atoms with Crippen molar-refractivity contribution in [3.05, 3.63) is 41.9 Å². The molecule has 0 fully saturated rings. The predicted octanol–water partition coefficient (Wildman–Crippen LogP) is 2.44. The number of hydrogen-bond acceptors (Lipinski definition) is 5. The number of carbonyl (C=O) groups is 2. The Kier molecular flexibility index (Phi) is 5.24. The van der Waals surface area contributed by atoms with Gasteiger partial charge in [0.15, 0.2) is 5.57 Å². The summed E-state index contributed by atoms with van der Waals surface area (Å²) in [5.74, 6) is -2.67. The van der Waals surface area contributed by atoms with E-state index in [2.05, 4.69) is 22.2 Å². The molecule has 0 amide bonds. The van der Waals surface area contributed by atoms with Gasteiger partial charge in [-0.3, -0.25) is 0 Å². The Hall–Kier alpha value is -2.96. The van der Waals surface area contributed by atoms with Crippen molar-refractivity contribution in [3.8, 4) is 0 Å². The molecule has 2 rings (SSSR count). The van der Waals surface area contributed by atoms with Gasteiger partial charge in [-0.1, -0.05) is 19.4 Å². The van der Waals surface area contributed by atoms with Gasteiger partial charge in [0.2, 0.25) is 0 Å². The lowest BCUT2D eigenvalue weighted by atomic mass is 10.1. The van der Waals surface area contributed by atoms with Crippen molar-refractivity contribution < 1.29 is 19.8 Å². The number of nitrogens with zero attached hydrogens (tertiary/aromatic N) is 2. The third-order valence-corrected chi connectivity index (χ3v) is 3.33. The van der Waals surface area contributed by atoms with Gasteiger partial charge < -0.3 is 15.5 Å². The number of anilines is 1. The number of unbranched alkanes of at least 4 members (excludes halogenated alkanes) is 1. The third-order valence-electron chi connectivity index (χ3n) is 3.33. The molecule has 7 nitrogen and oxygen atoms in total. The van der Waals surface area contributed by atoms with Crippen LogP contribution >= 0.6 is 0 Å². The maximum Gasteiger partial charge on any atom is 0.344 e. The molecule has 0 spiro atoms. The van der Waals surface area contributed by atoms with Crippen LogP contribution in [0, 0.1) is 0 Å². The smallest absolute Gasteiger partial charge is 0.344 e. The highest BCUT2D eigenvalue weighted by Crippen LogP contribution is 2.21. The first kappa shape index (κ1) is 16.4. The van der Waals surface area contributed by atoms with Crippen molar-refractivity contribution in [2.24, 2.45) is 0 Å². The molecule has 0 aliphatic rings. The fraction of sp³-hybridized carbons (Fsp3) is 0.250. The van der Waals surface area contributed by atoms with E-state index >= 15 is 0 Å². The molecule has 1 aromatic carbocycles. The summed E-state index contributed by atoms with van der Waals surface area (Å²) in [6, 6.07) is 5.79. The highest BCUT2D eigenvalue weighted by molar-refractivity contribution is 6.12. The molecule has 0 aliphatic carbocycles. The zero-order chi connectivity index (χ0) is 16.8. The Balaban J connectivity index is 2.37. The van der Waals surface area contributed by atoms with E-state index in [0.717, 1.165) is 31.0 Å². The van der Waals surface area contributed by atoms with Crippen LogP contribution in [-0.4, -0.2) is 32.1 Å². The second-order valence-corrected chi connectivity index (χ2v) is 4.99. The van der Waals surface area contributed by atoms with Crippen LogP contribution in [0.4, 0.5) is 5.82 Å². The molecule has 0 saturated heterocycles. The summed E-state index contributed by atoms with van der Waals surface area (Å²) in [5.41, 5.74) is 1.06. The lowest BCUT2D eigenvalue weighted by Gasteiger charge is -2.07. The second-order valence-electron chi connectivity index (χ2n) is 4.99. The van der Waals surface area contributed by atoms with Crippen LogP contribution in [0.1, 0.15) is 25.3 Å². The van der Waals surface area contributed by atoms with Crippen LogP contribution in [0.15, 0.2) is 36.3 Å². The van der Waals surface area contributed by atoms with E-state index in [-0.39, 0.29) is 0 Å². The largest absolute Gasteiger partial charge is 0.477 e. The van der Waals surface area contributed by atoms with Crippen LogP contribution in [-0.2, 0) is 16.0 Å². The standard InChI is InChI=1S/C16H17N3O4/c1-2-3-4-10-5-6-13-11(7-10)14(19-9-18-13)17-8-12(15(20)21)16(22)23/h5-9H,2-4H2,1H3,(H,20,21)(H,22,23)(H,17,18,19). The van der Waals surface area contributed by atoms with Gasteiger partial charge in [0.05, 0.1) is 5.52 Å². The fourth-order valence-electron chi connectivity index (χ4n) is 2.11. The zero-order valence-electron chi connectivity index (χ0n) is 12.6. The summed E-state index contributed by atoms with van der Waals surface area (Å²) in [6.07, 6.45) is 5.32. The maximum atomic E-state index is 10.9. The molecule has 1 aromatic heterocycles.